The quantitative estimate of drug-likeness (QED) is 0.261. The Kier molecular flexibility index (Phi) is 8.26. The number of benzene rings is 3. The molecule has 0 amide bonds. The van der Waals surface area contributed by atoms with Crippen molar-refractivity contribution in [2.75, 3.05) is 0 Å². The Morgan fingerprint density at radius 3 is 2.03 bits per heavy atom. The lowest BCUT2D eigenvalue weighted by molar-refractivity contribution is 0.244. The minimum absolute atomic E-state index is 0.149. The number of hydrogen-bond donors (Lipinski definition) is 0. The van der Waals surface area contributed by atoms with E-state index in [0.717, 1.165) is 11.4 Å². The van der Waals surface area contributed by atoms with Crippen LogP contribution in [0.4, 0.5) is 5.69 Å². The first kappa shape index (κ1) is 24.2. The summed E-state index contributed by atoms with van der Waals surface area (Å²) in [6, 6.07) is 21.4. The molecule has 0 aliphatic heterocycles. The van der Waals surface area contributed by atoms with Crippen molar-refractivity contribution in [2.24, 2.45) is 4.99 Å². The van der Waals surface area contributed by atoms with Crippen LogP contribution in [-0.4, -0.2) is 12.3 Å². The molecule has 3 rings (SSSR count). The number of ether oxygens (including phenoxy) is 1. The molecular formula is C29H36NOP. The minimum Gasteiger partial charge on any atom is -0.490 e. The maximum atomic E-state index is 6.12. The van der Waals surface area contributed by atoms with E-state index in [4.69, 9.17) is 9.73 Å². The highest BCUT2D eigenvalue weighted by Gasteiger charge is 2.14. The number of para-hydroxylation sites is 1. The van der Waals surface area contributed by atoms with Gasteiger partial charge in [-0.2, -0.15) is 0 Å². The van der Waals surface area contributed by atoms with Crippen LogP contribution in [0.2, 0.25) is 0 Å². The van der Waals surface area contributed by atoms with Crippen LogP contribution in [0.15, 0.2) is 65.7 Å². The lowest BCUT2D eigenvalue weighted by Gasteiger charge is -2.18. The van der Waals surface area contributed by atoms with E-state index in [1.165, 1.54) is 32.9 Å². The molecule has 0 saturated carbocycles. The fourth-order valence-electron chi connectivity index (χ4n) is 3.87. The van der Waals surface area contributed by atoms with Gasteiger partial charge in [0.15, 0.2) is 0 Å². The van der Waals surface area contributed by atoms with Gasteiger partial charge in [0.05, 0.1) is 11.8 Å². The molecule has 0 spiro atoms. The second-order valence-electron chi connectivity index (χ2n) is 9.17. The lowest BCUT2D eigenvalue weighted by Crippen LogP contribution is -2.15. The molecule has 1 atom stereocenters. The first-order valence-electron chi connectivity index (χ1n) is 11.6. The van der Waals surface area contributed by atoms with Gasteiger partial charge in [-0.1, -0.05) is 84.8 Å². The average molecular weight is 446 g/mol. The molecule has 0 radical (unpaired) electrons. The van der Waals surface area contributed by atoms with E-state index in [0.29, 0.717) is 20.4 Å². The van der Waals surface area contributed by atoms with Crippen LogP contribution in [0.25, 0.3) is 0 Å². The van der Waals surface area contributed by atoms with Crippen LogP contribution in [0.1, 0.15) is 75.6 Å². The molecule has 0 fully saturated rings. The standard InChI is InChI=1S/C29H36NOP/c1-19(2)23-13-11-14-24(20(3)4)25(23)18-30-26-15-8-9-17-28(26)32-29-22(7)12-10-16-27(29)31-21(5)6/h8-21,32H,1-7H3/b30-18+. The first-order chi connectivity index (χ1) is 15.3. The Bertz CT molecular complexity index is 1060. The number of rotatable bonds is 8. The smallest absolute Gasteiger partial charge is 0.127 e. The molecule has 3 heteroatoms. The Hall–Kier alpha value is -2.44. The molecule has 0 aliphatic rings. The maximum absolute atomic E-state index is 6.12. The topological polar surface area (TPSA) is 21.6 Å². The summed E-state index contributed by atoms with van der Waals surface area (Å²) in [6.45, 7) is 15.3. The van der Waals surface area contributed by atoms with Gasteiger partial charge in [-0.15, -0.1) is 0 Å². The molecule has 2 nitrogen and oxygen atoms in total. The summed E-state index contributed by atoms with van der Waals surface area (Å²) in [5.74, 6) is 1.88. The van der Waals surface area contributed by atoms with Crippen molar-refractivity contribution >= 4 is 31.1 Å². The second-order valence-corrected chi connectivity index (χ2v) is 10.5. The van der Waals surface area contributed by atoms with Gasteiger partial charge in [0, 0.05) is 16.8 Å². The largest absolute Gasteiger partial charge is 0.490 e. The number of nitrogens with zero attached hydrogens (tertiary/aromatic N) is 1. The van der Waals surface area contributed by atoms with Crippen LogP contribution in [0.5, 0.6) is 5.75 Å². The lowest BCUT2D eigenvalue weighted by atomic mass is 9.89. The van der Waals surface area contributed by atoms with Crippen LogP contribution in [-0.2, 0) is 0 Å². The van der Waals surface area contributed by atoms with Gasteiger partial charge in [-0.05, 0) is 67.0 Å². The maximum Gasteiger partial charge on any atom is 0.127 e. The SMILES string of the molecule is Cc1cccc(OC(C)C)c1Pc1ccccc1/N=C/c1c(C(C)C)cccc1C(C)C. The predicted octanol–water partition coefficient (Wildman–Crippen LogP) is 7.41. The van der Waals surface area contributed by atoms with Crippen molar-refractivity contribution in [2.45, 2.75) is 66.4 Å². The zero-order valence-corrected chi connectivity index (χ0v) is 21.4. The van der Waals surface area contributed by atoms with Gasteiger partial charge in [-0.25, -0.2) is 0 Å². The molecule has 0 heterocycles. The van der Waals surface area contributed by atoms with Gasteiger partial charge < -0.3 is 4.74 Å². The van der Waals surface area contributed by atoms with Crippen molar-refractivity contribution in [3.05, 3.63) is 82.9 Å². The Morgan fingerprint density at radius 1 is 0.781 bits per heavy atom. The highest BCUT2D eigenvalue weighted by atomic mass is 31.1. The monoisotopic (exact) mass is 445 g/mol. The zero-order chi connectivity index (χ0) is 23.3. The number of hydrogen-bond acceptors (Lipinski definition) is 2. The molecule has 168 valence electrons. The van der Waals surface area contributed by atoms with E-state index < -0.39 is 0 Å². The molecule has 0 bridgehead atoms. The van der Waals surface area contributed by atoms with Crippen LogP contribution < -0.4 is 15.3 Å². The normalized spacial score (nSPS) is 12.2. The van der Waals surface area contributed by atoms with Crippen molar-refractivity contribution in [3.8, 4) is 5.75 Å². The van der Waals surface area contributed by atoms with E-state index in [1.54, 1.807) is 0 Å². The van der Waals surface area contributed by atoms with Gasteiger partial charge in [0.2, 0.25) is 0 Å². The highest BCUT2D eigenvalue weighted by molar-refractivity contribution is 7.56. The molecule has 3 aromatic rings. The van der Waals surface area contributed by atoms with E-state index in [-0.39, 0.29) is 6.10 Å². The number of aliphatic imine (C=N–C) groups is 1. The van der Waals surface area contributed by atoms with Gasteiger partial charge in [-0.3, -0.25) is 4.99 Å². The van der Waals surface area contributed by atoms with Crippen LogP contribution in [0, 0.1) is 6.92 Å². The molecule has 1 unspecified atom stereocenters. The second kappa shape index (κ2) is 10.9. The van der Waals surface area contributed by atoms with Crippen molar-refractivity contribution in [1.82, 2.24) is 0 Å². The predicted molar refractivity (Wildman–Crippen MR) is 143 cm³/mol. The highest BCUT2D eigenvalue weighted by Crippen LogP contribution is 2.29. The van der Waals surface area contributed by atoms with E-state index in [1.807, 2.05) is 0 Å². The molecule has 0 saturated heterocycles. The summed E-state index contributed by atoms with van der Waals surface area (Å²) in [6.07, 6.45) is 2.23. The van der Waals surface area contributed by atoms with E-state index >= 15 is 0 Å². The Morgan fingerprint density at radius 2 is 1.41 bits per heavy atom. The summed E-state index contributed by atoms with van der Waals surface area (Å²) in [5.41, 5.74) is 6.25. The van der Waals surface area contributed by atoms with Gasteiger partial charge in [0.25, 0.3) is 0 Å². The van der Waals surface area contributed by atoms with Crippen LogP contribution in [0.3, 0.4) is 0 Å². The third kappa shape index (κ3) is 5.87. The summed E-state index contributed by atoms with van der Waals surface area (Å²) < 4.78 is 6.12. The van der Waals surface area contributed by atoms with Gasteiger partial charge in [0.1, 0.15) is 5.75 Å². The van der Waals surface area contributed by atoms with E-state index in [9.17, 15) is 0 Å². The van der Waals surface area contributed by atoms with Crippen molar-refractivity contribution in [3.63, 3.8) is 0 Å². The van der Waals surface area contributed by atoms with Crippen LogP contribution >= 0.6 is 8.58 Å². The third-order valence-corrected chi connectivity index (χ3v) is 7.09. The molecular weight excluding hydrogens is 409 g/mol. The third-order valence-electron chi connectivity index (χ3n) is 5.51. The Labute approximate surface area is 195 Å². The molecule has 3 aromatic carbocycles. The summed E-state index contributed by atoms with van der Waals surface area (Å²) in [5, 5.41) is 2.49. The number of aryl methyl sites for hydroxylation is 1. The van der Waals surface area contributed by atoms with Crippen molar-refractivity contribution < 1.29 is 4.74 Å². The molecule has 0 aromatic heterocycles. The van der Waals surface area contributed by atoms with E-state index in [2.05, 4.69) is 115 Å². The van der Waals surface area contributed by atoms with Crippen molar-refractivity contribution in [1.29, 1.82) is 0 Å². The summed E-state index contributed by atoms with van der Waals surface area (Å²) in [7, 11) is 0.487. The average Bonchev–Trinajstić information content (AvgIpc) is 2.74. The fraction of sp³-hybridized carbons (Fsp3) is 0.345. The summed E-state index contributed by atoms with van der Waals surface area (Å²) in [4.78, 5) is 5.02. The Balaban J connectivity index is 2.01. The zero-order valence-electron chi connectivity index (χ0n) is 20.4. The molecule has 0 aliphatic carbocycles. The minimum atomic E-state index is 0.149. The molecule has 0 N–H and O–H groups in total. The fourth-order valence-corrected chi connectivity index (χ4v) is 5.14. The molecule has 32 heavy (non-hydrogen) atoms. The van der Waals surface area contributed by atoms with Gasteiger partial charge >= 0.3 is 0 Å². The first-order valence-corrected chi connectivity index (χ1v) is 12.6. The summed E-state index contributed by atoms with van der Waals surface area (Å²) >= 11 is 0.